The van der Waals surface area contributed by atoms with Crippen LogP contribution in [0.5, 0.6) is 0 Å². The highest BCUT2D eigenvalue weighted by molar-refractivity contribution is 7.85. The van der Waals surface area contributed by atoms with Crippen LogP contribution in [-0.4, -0.2) is 29.0 Å². The quantitative estimate of drug-likeness (QED) is 0.496. The SMILES string of the molecule is O=C(O)c1ccccc1.O=[N+]([O-])c1ccc(CS(=O)(=O)O)cc1. The molecule has 0 atom stereocenters. The second-order valence-corrected chi connectivity index (χ2v) is 5.77. The van der Waals surface area contributed by atoms with E-state index in [1.54, 1.807) is 30.3 Å². The van der Waals surface area contributed by atoms with Crippen molar-refractivity contribution in [1.82, 2.24) is 0 Å². The van der Waals surface area contributed by atoms with Gasteiger partial charge in [0.05, 0.1) is 10.5 Å². The first kappa shape index (κ1) is 18.3. The summed E-state index contributed by atoms with van der Waals surface area (Å²) in [6, 6.07) is 13.2. The van der Waals surface area contributed by atoms with Gasteiger partial charge in [0.25, 0.3) is 15.8 Å². The maximum atomic E-state index is 10.4. The van der Waals surface area contributed by atoms with E-state index in [0.717, 1.165) is 0 Å². The van der Waals surface area contributed by atoms with Crippen LogP contribution in [0.1, 0.15) is 15.9 Å². The average Bonchev–Trinajstić information content (AvgIpc) is 2.47. The fourth-order valence-corrected chi connectivity index (χ4v) is 2.12. The molecule has 0 bridgehead atoms. The Labute approximate surface area is 131 Å². The fourth-order valence-electron chi connectivity index (χ4n) is 1.51. The highest BCUT2D eigenvalue weighted by Crippen LogP contribution is 2.13. The number of nitro benzene ring substituents is 1. The Bertz CT molecular complexity index is 771. The van der Waals surface area contributed by atoms with Crippen LogP contribution >= 0.6 is 0 Å². The third-order valence-electron chi connectivity index (χ3n) is 2.52. The molecule has 0 unspecified atom stereocenters. The van der Waals surface area contributed by atoms with E-state index in [4.69, 9.17) is 9.66 Å². The van der Waals surface area contributed by atoms with Crippen LogP contribution in [0.3, 0.4) is 0 Å². The number of carbonyl (C=O) groups is 1. The standard InChI is InChI=1S/C7H7NO5S.C7H6O2/c9-8(10)7-3-1-6(2-4-7)5-14(11,12)13;8-7(9)6-4-2-1-3-5-6/h1-4H,5H2,(H,11,12,13);1-5H,(H,8,9). The molecule has 122 valence electrons. The first-order chi connectivity index (χ1) is 10.7. The number of aromatic carboxylic acids is 1. The fraction of sp³-hybridized carbons (Fsp3) is 0.0714. The molecule has 0 aromatic heterocycles. The van der Waals surface area contributed by atoms with Crippen molar-refractivity contribution < 1.29 is 27.8 Å². The highest BCUT2D eigenvalue weighted by atomic mass is 32.2. The number of benzene rings is 2. The summed E-state index contributed by atoms with van der Waals surface area (Å²) in [7, 11) is -4.08. The summed E-state index contributed by atoms with van der Waals surface area (Å²) in [6.07, 6.45) is 0. The van der Waals surface area contributed by atoms with Gasteiger partial charge in [-0.25, -0.2) is 4.79 Å². The van der Waals surface area contributed by atoms with Crippen molar-refractivity contribution in [3.05, 3.63) is 75.8 Å². The molecule has 0 spiro atoms. The van der Waals surface area contributed by atoms with Crippen molar-refractivity contribution in [2.24, 2.45) is 0 Å². The summed E-state index contributed by atoms with van der Waals surface area (Å²) in [6.45, 7) is 0. The van der Waals surface area contributed by atoms with Gasteiger partial charge in [0.1, 0.15) is 5.75 Å². The topological polar surface area (TPSA) is 135 Å². The number of nitrogens with zero attached hydrogens (tertiary/aromatic N) is 1. The Morgan fingerprint density at radius 1 is 1.04 bits per heavy atom. The van der Waals surface area contributed by atoms with Crippen LogP contribution in [0.15, 0.2) is 54.6 Å². The zero-order valence-electron chi connectivity index (χ0n) is 11.7. The van der Waals surface area contributed by atoms with Crippen molar-refractivity contribution >= 4 is 21.8 Å². The summed E-state index contributed by atoms with van der Waals surface area (Å²) in [5.41, 5.74) is 0.514. The van der Waals surface area contributed by atoms with Crippen molar-refractivity contribution in [2.45, 2.75) is 5.75 Å². The smallest absolute Gasteiger partial charge is 0.335 e. The predicted octanol–water partition coefficient (Wildman–Crippen LogP) is 2.37. The summed E-state index contributed by atoms with van der Waals surface area (Å²) in [5, 5.41) is 18.6. The number of hydrogen-bond acceptors (Lipinski definition) is 5. The second-order valence-electron chi connectivity index (χ2n) is 4.32. The first-order valence-corrected chi connectivity index (χ1v) is 7.77. The van der Waals surface area contributed by atoms with Crippen LogP contribution in [0.25, 0.3) is 0 Å². The molecule has 8 nitrogen and oxygen atoms in total. The summed E-state index contributed by atoms with van der Waals surface area (Å²) < 4.78 is 29.4. The monoisotopic (exact) mass is 339 g/mol. The maximum absolute atomic E-state index is 10.4. The molecule has 0 saturated heterocycles. The molecular weight excluding hydrogens is 326 g/mol. The number of non-ortho nitro benzene ring substituents is 1. The molecule has 23 heavy (non-hydrogen) atoms. The Hall–Kier alpha value is -2.78. The molecule has 0 amide bonds. The largest absolute Gasteiger partial charge is 0.478 e. The van der Waals surface area contributed by atoms with Crippen LogP contribution in [-0.2, 0) is 15.9 Å². The van der Waals surface area contributed by atoms with Gasteiger partial charge in [-0.2, -0.15) is 8.42 Å². The third kappa shape index (κ3) is 7.16. The Morgan fingerprint density at radius 2 is 1.57 bits per heavy atom. The lowest BCUT2D eigenvalue weighted by Gasteiger charge is -1.97. The number of carboxylic acid groups (broad SMARTS) is 1. The first-order valence-electron chi connectivity index (χ1n) is 6.16. The van der Waals surface area contributed by atoms with Gasteiger partial charge in [0.2, 0.25) is 0 Å². The highest BCUT2D eigenvalue weighted by Gasteiger charge is 2.08. The Morgan fingerprint density at radius 3 is 1.91 bits per heavy atom. The van der Waals surface area contributed by atoms with Gasteiger partial charge in [-0.3, -0.25) is 14.7 Å². The minimum atomic E-state index is -4.08. The summed E-state index contributed by atoms with van der Waals surface area (Å²) >= 11 is 0. The van der Waals surface area contributed by atoms with E-state index < -0.39 is 26.8 Å². The molecule has 2 aromatic carbocycles. The van der Waals surface area contributed by atoms with Crippen LogP contribution < -0.4 is 0 Å². The third-order valence-corrected chi connectivity index (χ3v) is 3.22. The molecule has 0 aliphatic rings. The van der Waals surface area contributed by atoms with Crippen molar-refractivity contribution in [1.29, 1.82) is 0 Å². The van der Waals surface area contributed by atoms with Gasteiger partial charge >= 0.3 is 5.97 Å². The van der Waals surface area contributed by atoms with E-state index in [9.17, 15) is 23.3 Å². The summed E-state index contributed by atoms with van der Waals surface area (Å²) in [5.74, 6) is -1.42. The number of nitro groups is 1. The number of hydrogen-bond donors (Lipinski definition) is 2. The van der Waals surface area contributed by atoms with Gasteiger partial charge in [0.15, 0.2) is 0 Å². The van der Waals surface area contributed by atoms with Gasteiger partial charge in [-0.1, -0.05) is 30.3 Å². The van der Waals surface area contributed by atoms with E-state index in [2.05, 4.69) is 0 Å². The molecule has 2 aromatic rings. The van der Waals surface area contributed by atoms with Crippen LogP contribution in [0.2, 0.25) is 0 Å². The van der Waals surface area contributed by atoms with Crippen molar-refractivity contribution in [3.63, 3.8) is 0 Å². The molecule has 0 saturated carbocycles. The number of rotatable bonds is 4. The van der Waals surface area contributed by atoms with Gasteiger partial charge < -0.3 is 5.11 Å². The van der Waals surface area contributed by atoms with Crippen LogP contribution in [0.4, 0.5) is 5.69 Å². The zero-order valence-corrected chi connectivity index (χ0v) is 12.5. The van der Waals surface area contributed by atoms with E-state index in [1.807, 2.05) is 0 Å². The predicted molar refractivity (Wildman–Crippen MR) is 81.8 cm³/mol. The minimum Gasteiger partial charge on any atom is -0.478 e. The van der Waals surface area contributed by atoms with Gasteiger partial charge in [-0.05, 0) is 17.7 Å². The molecule has 0 aliphatic carbocycles. The lowest BCUT2D eigenvalue weighted by molar-refractivity contribution is -0.384. The van der Waals surface area contributed by atoms with E-state index in [0.29, 0.717) is 11.1 Å². The Kier molecular flexibility index (Phi) is 6.36. The molecule has 0 heterocycles. The van der Waals surface area contributed by atoms with E-state index in [1.165, 1.54) is 24.3 Å². The lowest BCUT2D eigenvalue weighted by atomic mass is 10.2. The second kappa shape index (κ2) is 8.01. The van der Waals surface area contributed by atoms with Crippen molar-refractivity contribution in [3.8, 4) is 0 Å². The zero-order chi connectivity index (χ0) is 17.5. The normalized spacial score (nSPS) is 10.3. The molecule has 9 heteroatoms. The molecule has 2 N–H and O–H groups in total. The van der Waals surface area contributed by atoms with Crippen molar-refractivity contribution in [2.75, 3.05) is 0 Å². The maximum Gasteiger partial charge on any atom is 0.335 e. The summed E-state index contributed by atoms with van der Waals surface area (Å²) in [4.78, 5) is 19.9. The molecule has 0 radical (unpaired) electrons. The molecule has 2 rings (SSSR count). The number of carboxylic acids is 1. The average molecular weight is 339 g/mol. The molecule has 0 aliphatic heterocycles. The van der Waals surface area contributed by atoms with E-state index >= 15 is 0 Å². The van der Waals surface area contributed by atoms with E-state index in [-0.39, 0.29) is 5.69 Å². The minimum absolute atomic E-state index is 0.121. The molecular formula is C14H13NO7S. The lowest BCUT2D eigenvalue weighted by Crippen LogP contribution is -2.01. The van der Waals surface area contributed by atoms with Gasteiger partial charge in [-0.15, -0.1) is 0 Å². The van der Waals surface area contributed by atoms with Crippen LogP contribution in [0, 0.1) is 10.1 Å². The van der Waals surface area contributed by atoms with Gasteiger partial charge in [0, 0.05) is 12.1 Å². The Balaban J connectivity index is 0.000000253. The molecule has 0 fully saturated rings.